The summed E-state index contributed by atoms with van der Waals surface area (Å²) in [5, 5.41) is 14.3. The topological polar surface area (TPSA) is 102 Å². The fraction of sp³-hybridized carbons (Fsp3) is 0.588. The first-order valence-corrected chi connectivity index (χ1v) is 8.61. The number of hydrogen-bond donors (Lipinski definition) is 2. The molecule has 1 atom stereocenters. The van der Waals surface area contributed by atoms with E-state index in [4.69, 9.17) is 5.73 Å². The summed E-state index contributed by atoms with van der Waals surface area (Å²) >= 11 is 0. The lowest BCUT2D eigenvalue weighted by atomic mass is 10.1. The molecule has 0 aliphatic carbocycles. The smallest absolute Gasteiger partial charge is 0.293 e. The zero-order chi connectivity index (χ0) is 17.5. The van der Waals surface area contributed by atoms with Gasteiger partial charge in [-0.25, -0.2) is 0 Å². The molecule has 1 aromatic rings. The van der Waals surface area contributed by atoms with E-state index in [1.807, 2.05) is 4.90 Å². The quantitative estimate of drug-likeness (QED) is 0.561. The van der Waals surface area contributed by atoms with E-state index >= 15 is 0 Å². The van der Waals surface area contributed by atoms with Crippen LogP contribution in [0.2, 0.25) is 0 Å². The highest BCUT2D eigenvalue weighted by molar-refractivity contribution is 5.96. The van der Waals surface area contributed by atoms with Crippen LogP contribution in [0.3, 0.4) is 0 Å². The van der Waals surface area contributed by atoms with Crippen LogP contribution >= 0.6 is 0 Å². The van der Waals surface area contributed by atoms with Crippen LogP contribution in [0.15, 0.2) is 18.2 Å². The van der Waals surface area contributed by atoms with Gasteiger partial charge < -0.3 is 16.0 Å². The summed E-state index contributed by atoms with van der Waals surface area (Å²) in [5.41, 5.74) is 6.58. The number of amides is 1. The Balaban J connectivity index is 2.16. The fourth-order valence-electron chi connectivity index (χ4n) is 3.00. The van der Waals surface area contributed by atoms with E-state index in [0.717, 1.165) is 45.2 Å². The molecule has 0 radical (unpaired) electrons. The standard InChI is InChI=1S/C17H26N4O3/c1-2-3-6-14(12-18)19-17(22)13-7-8-15(16(11-13)21(23)24)20-9-4-5-10-20/h7-8,11,14H,2-6,9-10,12,18H2,1H3,(H,19,22). The van der Waals surface area contributed by atoms with Gasteiger partial charge in [-0.05, 0) is 31.4 Å². The summed E-state index contributed by atoms with van der Waals surface area (Å²) in [5.74, 6) is -0.308. The lowest BCUT2D eigenvalue weighted by molar-refractivity contribution is -0.384. The van der Waals surface area contributed by atoms with Crippen LogP contribution in [0.4, 0.5) is 11.4 Å². The largest absolute Gasteiger partial charge is 0.366 e. The number of nitrogens with zero attached hydrogens (tertiary/aromatic N) is 2. The van der Waals surface area contributed by atoms with Crippen molar-refractivity contribution in [3.05, 3.63) is 33.9 Å². The zero-order valence-electron chi connectivity index (χ0n) is 14.2. The summed E-state index contributed by atoms with van der Waals surface area (Å²) in [4.78, 5) is 25.4. The first kappa shape index (κ1) is 18.2. The number of nitro groups is 1. The number of benzene rings is 1. The molecule has 1 saturated heterocycles. The highest BCUT2D eigenvalue weighted by Crippen LogP contribution is 2.31. The van der Waals surface area contributed by atoms with Crippen molar-refractivity contribution in [1.82, 2.24) is 5.32 Å². The number of nitrogens with two attached hydrogens (primary N) is 1. The van der Waals surface area contributed by atoms with Crippen molar-refractivity contribution in [2.45, 2.75) is 45.1 Å². The molecule has 7 nitrogen and oxygen atoms in total. The molecule has 1 fully saturated rings. The first-order chi connectivity index (χ1) is 11.6. The molecule has 1 amide bonds. The first-order valence-electron chi connectivity index (χ1n) is 8.61. The average Bonchev–Trinajstić information content (AvgIpc) is 3.12. The van der Waals surface area contributed by atoms with Gasteiger partial charge in [0, 0.05) is 37.3 Å². The number of carbonyl (C=O) groups is 1. The average molecular weight is 334 g/mol. The molecule has 0 spiro atoms. The van der Waals surface area contributed by atoms with Crippen LogP contribution in [0.25, 0.3) is 0 Å². The van der Waals surface area contributed by atoms with Gasteiger partial charge in [-0.3, -0.25) is 14.9 Å². The van der Waals surface area contributed by atoms with Gasteiger partial charge in [0.15, 0.2) is 0 Å². The summed E-state index contributed by atoms with van der Waals surface area (Å²) in [6.07, 6.45) is 4.90. The fourth-order valence-corrected chi connectivity index (χ4v) is 3.00. The molecule has 1 aromatic carbocycles. The van der Waals surface area contributed by atoms with Gasteiger partial charge in [0.1, 0.15) is 5.69 Å². The maximum atomic E-state index is 12.4. The summed E-state index contributed by atoms with van der Waals surface area (Å²) < 4.78 is 0. The van der Waals surface area contributed by atoms with Crippen molar-refractivity contribution >= 4 is 17.3 Å². The third kappa shape index (κ3) is 4.44. The lowest BCUT2D eigenvalue weighted by Crippen LogP contribution is -2.40. The van der Waals surface area contributed by atoms with Gasteiger partial charge in [-0.15, -0.1) is 0 Å². The normalized spacial score (nSPS) is 15.3. The van der Waals surface area contributed by atoms with Crippen molar-refractivity contribution in [3.8, 4) is 0 Å². The molecule has 1 aliphatic heterocycles. The minimum atomic E-state index is -0.415. The van der Waals surface area contributed by atoms with Crippen molar-refractivity contribution in [3.63, 3.8) is 0 Å². The molecule has 2 rings (SSSR count). The Morgan fingerprint density at radius 1 is 1.42 bits per heavy atom. The molecule has 1 heterocycles. The van der Waals surface area contributed by atoms with Crippen LogP contribution in [0, 0.1) is 10.1 Å². The molecule has 0 saturated carbocycles. The van der Waals surface area contributed by atoms with Gasteiger partial charge in [0.2, 0.25) is 0 Å². The number of hydrogen-bond acceptors (Lipinski definition) is 5. The van der Waals surface area contributed by atoms with E-state index in [1.54, 1.807) is 12.1 Å². The molecule has 0 aromatic heterocycles. The Hall–Kier alpha value is -2.15. The Bertz CT molecular complexity index is 585. The Morgan fingerprint density at radius 3 is 2.71 bits per heavy atom. The monoisotopic (exact) mass is 334 g/mol. The molecule has 1 aliphatic rings. The van der Waals surface area contributed by atoms with Crippen LogP contribution in [-0.4, -0.2) is 36.5 Å². The Morgan fingerprint density at radius 2 is 2.12 bits per heavy atom. The Kier molecular flexibility index (Phi) is 6.54. The Labute approximate surface area is 142 Å². The molecule has 1 unspecified atom stereocenters. The van der Waals surface area contributed by atoms with Crippen LogP contribution in [0.5, 0.6) is 0 Å². The molecular weight excluding hydrogens is 308 g/mol. The molecule has 132 valence electrons. The second-order valence-electron chi connectivity index (χ2n) is 6.20. The minimum absolute atomic E-state index is 0.0117. The number of anilines is 1. The van der Waals surface area contributed by atoms with E-state index in [9.17, 15) is 14.9 Å². The molecular formula is C17H26N4O3. The highest BCUT2D eigenvalue weighted by Gasteiger charge is 2.24. The van der Waals surface area contributed by atoms with Crippen molar-refractivity contribution in [2.75, 3.05) is 24.5 Å². The van der Waals surface area contributed by atoms with E-state index in [0.29, 0.717) is 17.8 Å². The van der Waals surface area contributed by atoms with E-state index in [-0.39, 0.29) is 17.6 Å². The predicted molar refractivity (Wildman–Crippen MR) is 94.4 cm³/mol. The maximum absolute atomic E-state index is 12.4. The second kappa shape index (κ2) is 8.63. The van der Waals surface area contributed by atoms with Crippen molar-refractivity contribution < 1.29 is 9.72 Å². The van der Waals surface area contributed by atoms with Gasteiger partial charge in [-0.1, -0.05) is 19.8 Å². The number of nitro benzene ring substituents is 1. The second-order valence-corrected chi connectivity index (χ2v) is 6.20. The number of carbonyl (C=O) groups excluding carboxylic acids is 1. The van der Waals surface area contributed by atoms with Crippen LogP contribution < -0.4 is 16.0 Å². The molecule has 7 heteroatoms. The third-order valence-corrected chi connectivity index (χ3v) is 4.41. The third-order valence-electron chi connectivity index (χ3n) is 4.41. The number of nitrogens with one attached hydrogen (secondary N) is 1. The number of unbranched alkanes of at least 4 members (excludes halogenated alkanes) is 1. The van der Waals surface area contributed by atoms with Gasteiger partial charge in [-0.2, -0.15) is 0 Å². The maximum Gasteiger partial charge on any atom is 0.293 e. The lowest BCUT2D eigenvalue weighted by Gasteiger charge is -2.19. The van der Waals surface area contributed by atoms with Gasteiger partial charge >= 0.3 is 0 Å². The highest BCUT2D eigenvalue weighted by atomic mass is 16.6. The SMILES string of the molecule is CCCCC(CN)NC(=O)c1ccc(N2CCCC2)c([N+](=O)[O-])c1. The number of rotatable bonds is 8. The summed E-state index contributed by atoms with van der Waals surface area (Å²) in [6.45, 7) is 4.08. The van der Waals surface area contributed by atoms with Crippen LogP contribution in [0.1, 0.15) is 49.4 Å². The molecule has 24 heavy (non-hydrogen) atoms. The van der Waals surface area contributed by atoms with Crippen LogP contribution in [-0.2, 0) is 0 Å². The van der Waals surface area contributed by atoms with Crippen molar-refractivity contribution in [2.24, 2.45) is 5.73 Å². The van der Waals surface area contributed by atoms with E-state index < -0.39 is 4.92 Å². The summed E-state index contributed by atoms with van der Waals surface area (Å²) in [6, 6.07) is 4.61. The van der Waals surface area contributed by atoms with Gasteiger partial charge in [0.25, 0.3) is 11.6 Å². The molecule has 0 bridgehead atoms. The molecule has 3 N–H and O–H groups in total. The summed E-state index contributed by atoms with van der Waals surface area (Å²) in [7, 11) is 0. The van der Waals surface area contributed by atoms with E-state index in [2.05, 4.69) is 12.2 Å². The minimum Gasteiger partial charge on any atom is -0.366 e. The zero-order valence-corrected chi connectivity index (χ0v) is 14.2. The van der Waals surface area contributed by atoms with E-state index in [1.165, 1.54) is 6.07 Å². The van der Waals surface area contributed by atoms with Crippen molar-refractivity contribution in [1.29, 1.82) is 0 Å². The predicted octanol–water partition coefficient (Wildman–Crippen LogP) is 2.44. The van der Waals surface area contributed by atoms with Gasteiger partial charge in [0.05, 0.1) is 4.92 Å².